The number of aryl methyl sites for hydroxylation is 1. The fraction of sp³-hybridized carbons (Fsp3) is 0.111. The molecule has 0 bridgehead atoms. The standard InChI is InChI=1S/C9H9N5O2/c1-13-5-4-8(12-13)11-7-2-3-9(10-6-7)14(15)16/h2-6H,1H3,(H,11,12). The van der Waals surface area contributed by atoms with E-state index in [9.17, 15) is 10.1 Å². The summed E-state index contributed by atoms with van der Waals surface area (Å²) >= 11 is 0. The topological polar surface area (TPSA) is 85.9 Å². The molecule has 0 aliphatic rings. The summed E-state index contributed by atoms with van der Waals surface area (Å²) in [6, 6.07) is 4.71. The lowest BCUT2D eigenvalue weighted by molar-refractivity contribution is -0.389. The lowest BCUT2D eigenvalue weighted by Crippen LogP contribution is -1.96. The first-order valence-corrected chi connectivity index (χ1v) is 4.52. The van der Waals surface area contributed by atoms with Crippen LogP contribution in [0.4, 0.5) is 17.3 Å². The van der Waals surface area contributed by atoms with Gasteiger partial charge in [0.2, 0.25) is 0 Å². The molecule has 2 rings (SSSR count). The van der Waals surface area contributed by atoms with Crippen LogP contribution >= 0.6 is 0 Å². The Bertz CT molecular complexity index is 505. The van der Waals surface area contributed by atoms with E-state index in [1.54, 1.807) is 30.1 Å². The Kier molecular flexibility index (Phi) is 2.50. The van der Waals surface area contributed by atoms with Crippen LogP contribution in [0.15, 0.2) is 30.6 Å². The van der Waals surface area contributed by atoms with Gasteiger partial charge < -0.3 is 15.4 Å². The highest BCUT2D eigenvalue weighted by Crippen LogP contribution is 2.15. The number of anilines is 2. The lowest BCUT2D eigenvalue weighted by Gasteiger charge is -1.99. The van der Waals surface area contributed by atoms with E-state index in [2.05, 4.69) is 15.4 Å². The summed E-state index contributed by atoms with van der Waals surface area (Å²) in [5, 5.41) is 17.5. The molecule has 0 fully saturated rings. The largest absolute Gasteiger partial charge is 0.363 e. The molecular weight excluding hydrogens is 210 g/mol. The molecule has 0 atom stereocenters. The number of rotatable bonds is 3. The van der Waals surface area contributed by atoms with Gasteiger partial charge in [0.05, 0.1) is 5.69 Å². The summed E-state index contributed by atoms with van der Waals surface area (Å²) in [6.45, 7) is 0. The third kappa shape index (κ3) is 2.14. The van der Waals surface area contributed by atoms with Crippen molar-refractivity contribution in [3.63, 3.8) is 0 Å². The molecule has 0 radical (unpaired) electrons. The Labute approximate surface area is 90.9 Å². The van der Waals surface area contributed by atoms with E-state index in [1.165, 1.54) is 12.3 Å². The first kappa shape index (κ1) is 10.1. The Balaban J connectivity index is 2.14. The Hall–Kier alpha value is -2.44. The fourth-order valence-corrected chi connectivity index (χ4v) is 1.20. The summed E-state index contributed by atoms with van der Waals surface area (Å²) in [4.78, 5) is 13.5. The molecular formula is C9H9N5O2. The summed E-state index contributed by atoms with van der Waals surface area (Å²) in [6.07, 6.45) is 3.19. The van der Waals surface area contributed by atoms with E-state index in [-0.39, 0.29) is 5.82 Å². The van der Waals surface area contributed by atoms with Crippen LogP contribution in [0, 0.1) is 10.1 Å². The first-order chi connectivity index (χ1) is 7.65. The van der Waals surface area contributed by atoms with Crippen molar-refractivity contribution >= 4 is 17.3 Å². The number of nitrogens with one attached hydrogen (secondary N) is 1. The van der Waals surface area contributed by atoms with E-state index < -0.39 is 4.92 Å². The molecule has 0 aliphatic carbocycles. The molecule has 2 heterocycles. The molecule has 2 aromatic rings. The van der Waals surface area contributed by atoms with Gasteiger partial charge in [0, 0.05) is 25.4 Å². The van der Waals surface area contributed by atoms with Gasteiger partial charge in [-0.15, -0.1) is 0 Å². The van der Waals surface area contributed by atoms with Crippen LogP contribution < -0.4 is 5.32 Å². The van der Waals surface area contributed by atoms with Crippen molar-refractivity contribution in [2.24, 2.45) is 7.05 Å². The van der Waals surface area contributed by atoms with Crippen molar-refractivity contribution in [1.29, 1.82) is 0 Å². The van der Waals surface area contributed by atoms with E-state index >= 15 is 0 Å². The zero-order chi connectivity index (χ0) is 11.5. The molecule has 1 N–H and O–H groups in total. The molecule has 2 aromatic heterocycles. The van der Waals surface area contributed by atoms with Crippen molar-refractivity contribution in [3.8, 4) is 0 Å². The highest BCUT2D eigenvalue weighted by molar-refractivity contribution is 5.55. The minimum Gasteiger partial charge on any atom is -0.358 e. The molecule has 7 heteroatoms. The number of nitrogens with zero attached hydrogens (tertiary/aromatic N) is 4. The van der Waals surface area contributed by atoms with Gasteiger partial charge >= 0.3 is 5.82 Å². The smallest absolute Gasteiger partial charge is 0.358 e. The van der Waals surface area contributed by atoms with Gasteiger partial charge in [0.1, 0.15) is 0 Å². The van der Waals surface area contributed by atoms with E-state index in [1.807, 2.05) is 0 Å². The molecule has 0 saturated carbocycles. The predicted octanol–water partition coefficient (Wildman–Crippen LogP) is 1.47. The van der Waals surface area contributed by atoms with E-state index in [0.29, 0.717) is 11.5 Å². The zero-order valence-electron chi connectivity index (χ0n) is 8.49. The molecule has 0 spiro atoms. The normalized spacial score (nSPS) is 10.1. The molecule has 0 aromatic carbocycles. The van der Waals surface area contributed by atoms with Gasteiger partial charge in [0.15, 0.2) is 12.0 Å². The molecule has 16 heavy (non-hydrogen) atoms. The van der Waals surface area contributed by atoms with Gasteiger partial charge in [-0.05, 0) is 16.0 Å². The van der Waals surface area contributed by atoms with Crippen LogP contribution in [0.3, 0.4) is 0 Å². The summed E-state index contributed by atoms with van der Waals surface area (Å²) < 4.78 is 1.65. The summed E-state index contributed by atoms with van der Waals surface area (Å²) in [5.41, 5.74) is 0.657. The van der Waals surface area contributed by atoms with Crippen molar-refractivity contribution < 1.29 is 4.92 Å². The van der Waals surface area contributed by atoms with Crippen molar-refractivity contribution in [2.75, 3.05) is 5.32 Å². The fourth-order valence-electron chi connectivity index (χ4n) is 1.20. The van der Waals surface area contributed by atoms with Crippen LogP contribution in [0.25, 0.3) is 0 Å². The summed E-state index contributed by atoms with van der Waals surface area (Å²) in [7, 11) is 1.80. The second kappa shape index (κ2) is 3.97. The average Bonchev–Trinajstić information content (AvgIpc) is 2.65. The molecule has 0 amide bonds. The summed E-state index contributed by atoms with van der Waals surface area (Å²) in [5.74, 6) is 0.490. The third-order valence-electron chi connectivity index (χ3n) is 1.92. The number of nitro groups is 1. The van der Waals surface area contributed by atoms with Crippen molar-refractivity contribution in [3.05, 3.63) is 40.7 Å². The second-order valence-corrected chi connectivity index (χ2v) is 3.16. The predicted molar refractivity (Wildman–Crippen MR) is 57.4 cm³/mol. The van der Waals surface area contributed by atoms with Crippen LogP contribution in [0.1, 0.15) is 0 Å². The Morgan fingerprint density at radius 2 is 2.25 bits per heavy atom. The molecule has 0 unspecified atom stereocenters. The van der Waals surface area contributed by atoms with Crippen molar-refractivity contribution in [2.45, 2.75) is 0 Å². The van der Waals surface area contributed by atoms with E-state index in [4.69, 9.17) is 0 Å². The van der Waals surface area contributed by atoms with Gasteiger partial charge in [-0.2, -0.15) is 5.10 Å². The second-order valence-electron chi connectivity index (χ2n) is 3.16. The van der Waals surface area contributed by atoms with Crippen molar-refractivity contribution in [1.82, 2.24) is 14.8 Å². The molecule has 0 aliphatic heterocycles. The quantitative estimate of drug-likeness (QED) is 0.624. The lowest BCUT2D eigenvalue weighted by atomic mass is 10.4. The van der Waals surface area contributed by atoms with Gasteiger partial charge in [-0.3, -0.25) is 4.68 Å². The molecule has 7 nitrogen and oxygen atoms in total. The minimum absolute atomic E-state index is 0.174. The van der Waals surface area contributed by atoms with E-state index in [0.717, 1.165) is 0 Å². The highest BCUT2D eigenvalue weighted by atomic mass is 16.6. The average molecular weight is 219 g/mol. The van der Waals surface area contributed by atoms with Crippen LogP contribution in [-0.2, 0) is 7.05 Å². The minimum atomic E-state index is -0.537. The van der Waals surface area contributed by atoms with Gasteiger partial charge in [0.25, 0.3) is 0 Å². The zero-order valence-corrected chi connectivity index (χ0v) is 8.49. The van der Waals surface area contributed by atoms with Gasteiger partial charge in [-0.25, -0.2) is 0 Å². The van der Waals surface area contributed by atoms with Crippen LogP contribution in [-0.4, -0.2) is 19.7 Å². The Morgan fingerprint density at radius 1 is 1.44 bits per heavy atom. The highest BCUT2D eigenvalue weighted by Gasteiger charge is 2.06. The maximum atomic E-state index is 10.4. The molecule has 82 valence electrons. The first-order valence-electron chi connectivity index (χ1n) is 4.52. The van der Waals surface area contributed by atoms with Crippen LogP contribution in [0.2, 0.25) is 0 Å². The maximum Gasteiger partial charge on any atom is 0.363 e. The SMILES string of the molecule is Cn1ccc(Nc2ccc([N+](=O)[O-])nc2)n1. The number of hydrogen-bond acceptors (Lipinski definition) is 5. The van der Waals surface area contributed by atoms with Crippen LogP contribution in [0.5, 0.6) is 0 Å². The Morgan fingerprint density at radius 3 is 2.75 bits per heavy atom. The number of hydrogen-bond donors (Lipinski definition) is 1. The monoisotopic (exact) mass is 219 g/mol. The third-order valence-corrected chi connectivity index (χ3v) is 1.92. The maximum absolute atomic E-state index is 10.4. The molecule has 0 saturated heterocycles. The number of pyridine rings is 1. The van der Waals surface area contributed by atoms with Gasteiger partial charge in [-0.1, -0.05) is 0 Å². The number of aromatic nitrogens is 3.